The van der Waals surface area contributed by atoms with Gasteiger partial charge in [0.1, 0.15) is 5.82 Å². The molecule has 4 heteroatoms. The summed E-state index contributed by atoms with van der Waals surface area (Å²) in [5, 5.41) is 0. The van der Waals surface area contributed by atoms with E-state index in [1.165, 1.54) is 5.56 Å². The molecule has 0 atom stereocenters. The number of nitrogens with two attached hydrogens (primary N) is 1. The second-order valence-electron chi connectivity index (χ2n) is 4.60. The molecule has 4 nitrogen and oxygen atoms in total. The Hall–Kier alpha value is -2.46. The van der Waals surface area contributed by atoms with Crippen LogP contribution >= 0.6 is 0 Å². The number of aromatic nitrogens is 3. The molecule has 0 saturated heterocycles. The van der Waals surface area contributed by atoms with E-state index in [4.69, 9.17) is 5.73 Å². The number of imidazole rings is 1. The van der Waals surface area contributed by atoms with Gasteiger partial charge in [-0.05, 0) is 17.7 Å². The predicted molar refractivity (Wildman–Crippen MR) is 78.9 cm³/mol. The number of nitrogens with zero attached hydrogens (tertiary/aromatic N) is 3. The summed E-state index contributed by atoms with van der Waals surface area (Å²) >= 11 is 0. The van der Waals surface area contributed by atoms with Crippen molar-refractivity contribution in [1.82, 2.24) is 14.5 Å². The first kappa shape index (κ1) is 12.6. The first-order chi connectivity index (χ1) is 9.86. The smallest absolute Gasteiger partial charge is 0.140 e. The van der Waals surface area contributed by atoms with E-state index >= 15 is 0 Å². The minimum absolute atomic E-state index is 0.462. The van der Waals surface area contributed by atoms with Crippen molar-refractivity contribution in [2.45, 2.75) is 13.1 Å². The molecule has 3 rings (SSSR count). The fourth-order valence-corrected chi connectivity index (χ4v) is 2.22. The minimum atomic E-state index is 0.462. The molecule has 2 N–H and O–H groups in total. The van der Waals surface area contributed by atoms with Crippen molar-refractivity contribution in [1.29, 1.82) is 0 Å². The number of hydrogen-bond donors (Lipinski definition) is 1. The summed E-state index contributed by atoms with van der Waals surface area (Å²) in [6.45, 7) is 1.23. The molecule has 0 aliphatic carbocycles. The van der Waals surface area contributed by atoms with E-state index in [-0.39, 0.29) is 0 Å². The molecule has 0 unspecified atom stereocenters. The van der Waals surface area contributed by atoms with E-state index in [0.29, 0.717) is 6.54 Å². The van der Waals surface area contributed by atoms with Crippen LogP contribution in [0.2, 0.25) is 0 Å². The summed E-state index contributed by atoms with van der Waals surface area (Å²) in [6, 6.07) is 14.2. The van der Waals surface area contributed by atoms with Crippen LogP contribution in [-0.2, 0) is 13.1 Å². The number of hydrogen-bond acceptors (Lipinski definition) is 3. The zero-order chi connectivity index (χ0) is 13.8. The third kappa shape index (κ3) is 2.60. The highest BCUT2D eigenvalue weighted by molar-refractivity contribution is 5.55. The lowest BCUT2D eigenvalue weighted by atomic mass is 10.2. The Morgan fingerprint density at radius 1 is 1.00 bits per heavy atom. The van der Waals surface area contributed by atoms with Gasteiger partial charge in [-0.3, -0.25) is 4.98 Å². The van der Waals surface area contributed by atoms with E-state index in [0.717, 1.165) is 23.6 Å². The lowest BCUT2D eigenvalue weighted by Crippen LogP contribution is -2.04. The van der Waals surface area contributed by atoms with Crippen molar-refractivity contribution in [3.63, 3.8) is 0 Å². The van der Waals surface area contributed by atoms with Gasteiger partial charge < -0.3 is 10.3 Å². The van der Waals surface area contributed by atoms with E-state index in [1.807, 2.05) is 42.7 Å². The maximum Gasteiger partial charge on any atom is 0.140 e. The van der Waals surface area contributed by atoms with Crippen LogP contribution in [0.3, 0.4) is 0 Å². The Morgan fingerprint density at radius 2 is 1.85 bits per heavy atom. The zero-order valence-corrected chi connectivity index (χ0v) is 11.1. The highest BCUT2D eigenvalue weighted by Gasteiger charge is 2.06. The fraction of sp³-hybridized carbons (Fsp3) is 0.125. The van der Waals surface area contributed by atoms with Crippen molar-refractivity contribution in [2.75, 3.05) is 0 Å². The highest BCUT2D eigenvalue weighted by atomic mass is 15.1. The molecule has 0 radical (unpaired) electrons. The SMILES string of the molecule is NCc1cc(Cn2ccnc2-c2ccccc2)ccn1. The molecule has 0 aliphatic rings. The lowest BCUT2D eigenvalue weighted by Gasteiger charge is -2.08. The summed E-state index contributed by atoms with van der Waals surface area (Å²) in [5.41, 5.74) is 8.83. The van der Waals surface area contributed by atoms with E-state index in [1.54, 1.807) is 6.20 Å². The van der Waals surface area contributed by atoms with Crippen LogP contribution in [0, 0.1) is 0 Å². The number of pyridine rings is 1. The maximum absolute atomic E-state index is 5.63. The molecular weight excluding hydrogens is 248 g/mol. The molecular formula is C16H16N4. The molecule has 2 heterocycles. The molecule has 20 heavy (non-hydrogen) atoms. The Kier molecular flexibility index (Phi) is 3.56. The first-order valence-corrected chi connectivity index (χ1v) is 6.57. The maximum atomic E-state index is 5.63. The molecule has 0 spiro atoms. The lowest BCUT2D eigenvalue weighted by molar-refractivity contribution is 0.800. The predicted octanol–water partition coefficient (Wildman–Crippen LogP) is 2.45. The second kappa shape index (κ2) is 5.67. The third-order valence-electron chi connectivity index (χ3n) is 3.19. The summed E-state index contributed by atoms with van der Waals surface area (Å²) in [7, 11) is 0. The first-order valence-electron chi connectivity index (χ1n) is 6.57. The summed E-state index contributed by atoms with van der Waals surface area (Å²) in [4.78, 5) is 8.67. The average Bonchev–Trinajstić information content (AvgIpc) is 2.96. The molecule has 0 aliphatic heterocycles. The van der Waals surface area contributed by atoms with Crippen molar-refractivity contribution in [2.24, 2.45) is 5.73 Å². The molecule has 100 valence electrons. The van der Waals surface area contributed by atoms with Gasteiger partial charge in [-0.1, -0.05) is 30.3 Å². The van der Waals surface area contributed by atoms with Gasteiger partial charge in [0, 0.05) is 37.2 Å². The van der Waals surface area contributed by atoms with Gasteiger partial charge in [-0.2, -0.15) is 0 Å². The molecule has 1 aromatic carbocycles. The molecule has 0 fully saturated rings. The van der Waals surface area contributed by atoms with Gasteiger partial charge >= 0.3 is 0 Å². The quantitative estimate of drug-likeness (QED) is 0.787. The summed E-state index contributed by atoms with van der Waals surface area (Å²) in [5.74, 6) is 0.969. The molecule has 0 bridgehead atoms. The Bertz CT molecular complexity index is 688. The Labute approximate surface area is 117 Å². The van der Waals surface area contributed by atoms with Gasteiger partial charge in [0.2, 0.25) is 0 Å². The van der Waals surface area contributed by atoms with Gasteiger partial charge in [0.15, 0.2) is 0 Å². The van der Waals surface area contributed by atoms with Crippen LogP contribution in [0.15, 0.2) is 61.1 Å². The minimum Gasteiger partial charge on any atom is -0.327 e. The Morgan fingerprint density at radius 3 is 2.65 bits per heavy atom. The van der Waals surface area contributed by atoms with Crippen LogP contribution in [0.1, 0.15) is 11.3 Å². The molecule has 3 aromatic rings. The van der Waals surface area contributed by atoms with E-state index in [9.17, 15) is 0 Å². The zero-order valence-electron chi connectivity index (χ0n) is 11.1. The van der Waals surface area contributed by atoms with Crippen molar-refractivity contribution in [3.05, 3.63) is 72.3 Å². The Balaban J connectivity index is 1.90. The molecule has 2 aromatic heterocycles. The fourth-order valence-electron chi connectivity index (χ4n) is 2.22. The highest BCUT2D eigenvalue weighted by Crippen LogP contribution is 2.18. The summed E-state index contributed by atoms with van der Waals surface area (Å²) in [6.07, 6.45) is 5.62. The standard InChI is InChI=1S/C16H16N4/c17-11-15-10-13(6-7-18-15)12-20-9-8-19-16(20)14-4-2-1-3-5-14/h1-10H,11-12,17H2. The van der Waals surface area contributed by atoms with Crippen molar-refractivity contribution in [3.8, 4) is 11.4 Å². The third-order valence-corrected chi connectivity index (χ3v) is 3.19. The monoisotopic (exact) mass is 264 g/mol. The van der Waals surface area contributed by atoms with E-state index < -0.39 is 0 Å². The van der Waals surface area contributed by atoms with Crippen LogP contribution in [0.4, 0.5) is 0 Å². The number of rotatable bonds is 4. The topological polar surface area (TPSA) is 56.7 Å². The molecule has 0 saturated carbocycles. The number of benzene rings is 1. The van der Waals surface area contributed by atoms with Gasteiger partial charge in [-0.15, -0.1) is 0 Å². The second-order valence-corrected chi connectivity index (χ2v) is 4.60. The van der Waals surface area contributed by atoms with Crippen LogP contribution in [-0.4, -0.2) is 14.5 Å². The average molecular weight is 264 g/mol. The van der Waals surface area contributed by atoms with Gasteiger partial charge in [-0.25, -0.2) is 4.98 Å². The van der Waals surface area contributed by atoms with Gasteiger partial charge in [0.25, 0.3) is 0 Å². The molecule has 0 amide bonds. The van der Waals surface area contributed by atoms with Crippen LogP contribution < -0.4 is 5.73 Å². The van der Waals surface area contributed by atoms with Crippen LogP contribution in [0.25, 0.3) is 11.4 Å². The normalized spacial score (nSPS) is 10.7. The summed E-state index contributed by atoms with van der Waals surface area (Å²) < 4.78 is 2.13. The van der Waals surface area contributed by atoms with Gasteiger partial charge in [0.05, 0.1) is 5.69 Å². The van der Waals surface area contributed by atoms with E-state index in [2.05, 4.69) is 26.7 Å². The van der Waals surface area contributed by atoms with Crippen LogP contribution in [0.5, 0.6) is 0 Å². The van der Waals surface area contributed by atoms with Crippen molar-refractivity contribution < 1.29 is 0 Å². The van der Waals surface area contributed by atoms with Crippen molar-refractivity contribution >= 4 is 0 Å². The largest absolute Gasteiger partial charge is 0.327 e.